The van der Waals surface area contributed by atoms with Crippen molar-refractivity contribution in [1.82, 2.24) is 4.90 Å². The molecule has 0 N–H and O–H groups in total. The van der Waals surface area contributed by atoms with Gasteiger partial charge in [-0.25, -0.2) is 0 Å². The van der Waals surface area contributed by atoms with Gasteiger partial charge in [-0.15, -0.1) is 0 Å². The molecule has 4 nitrogen and oxygen atoms in total. The lowest BCUT2D eigenvalue weighted by Crippen LogP contribution is -2.48. The average Bonchev–Trinajstić information content (AvgIpc) is 2.41. The molecular formula is C15H22N2O2. The van der Waals surface area contributed by atoms with Crippen LogP contribution in [-0.4, -0.2) is 50.2 Å². The van der Waals surface area contributed by atoms with Gasteiger partial charge in [0.2, 0.25) is 0 Å². The van der Waals surface area contributed by atoms with Gasteiger partial charge in [-0.3, -0.25) is 9.69 Å². The first-order chi connectivity index (χ1) is 9.20. The quantitative estimate of drug-likeness (QED) is 0.773. The van der Waals surface area contributed by atoms with Gasteiger partial charge in [0.15, 0.2) is 0 Å². The summed E-state index contributed by atoms with van der Waals surface area (Å²) in [5.74, 6) is -0.119. The Morgan fingerprint density at radius 3 is 2.53 bits per heavy atom. The number of carbonyl (C=O) groups is 1. The van der Waals surface area contributed by atoms with E-state index >= 15 is 0 Å². The van der Waals surface area contributed by atoms with E-state index in [0.717, 1.165) is 26.2 Å². The highest BCUT2D eigenvalue weighted by atomic mass is 16.5. The molecule has 1 fully saturated rings. The number of aryl methyl sites for hydroxylation is 1. The van der Waals surface area contributed by atoms with Crippen LogP contribution in [0.2, 0.25) is 0 Å². The van der Waals surface area contributed by atoms with E-state index < -0.39 is 0 Å². The fraction of sp³-hybridized carbons (Fsp3) is 0.533. The lowest BCUT2D eigenvalue weighted by atomic mass is 10.1. The Morgan fingerprint density at radius 2 is 1.89 bits per heavy atom. The number of hydrogen-bond donors (Lipinski definition) is 0. The topological polar surface area (TPSA) is 32.8 Å². The summed E-state index contributed by atoms with van der Waals surface area (Å²) in [7, 11) is 0. The number of ether oxygens (including phenoxy) is 1. The summed E-state index contributed by atoms with van der Waals surface area (Å²) in [4.78, 5) is 16.0. The van der Waals surface area contributed by atoms with Crippen LogP contribution in [0.4, 0.5) is 5.69 Å². The Bertz CT molecular complexity index is 426. The minimum Gasteiger partial charge on any atom is -0.465 e. The molecule has 4 heteroatoms. The van der Waals surface area contributed by atoms with Crippen LogP contribution in [0.3, 0.4) is 0 Å². The summed E-state index contributed by atoms with van der Waals surface area (Å²) in [5.41, 5.74) is 2.61. The zero-order chi connectivity index (χ0) is 13.7. The number of esters is 1. The van der Waals surface area contributed by atoms with Gasteiger partial charge in [-0.1, -0.05) is 18.2 Å². The predicted octanol–water partition coefficient (Wildman–Crippen LogP) is 1.68. The molecule has 0 aromatic heterocycles. The van der Waals surface area contributed by atoms with Crippen molar-refractivity contribution in [2.45, 2.75) is 13.8 Å². The van der Waals surface area contributed by atoms with Crippen LogP contribution < -0.4 is 4.90 Å². The minimum atomic E-state index is -0.119. The molecule has 0 spiro atoms. The summed E-state index contributed by atoms with van der Waals surface area (Å²) in [6, 6.07) is 8.44. The molecule has 1 saturated heterocycles. The summed E-state index contributed by atoms with van der Waals surface area (Å²) in [6.07, 6.45) is 0. The third-order valence-electron chi connectivity index (χ3n) is 3.49. The Balaban J connectivity index is 1.86. The number of anilines is 1. The maximum Gasteiger partial charge on any atom is 0.320 e. The first-order valence-corrected chi connectivity index (χ1v) is 6.89. The molecule has 0 unspecified atom stereocenters. The molecule has 0 saturated carbocycles. The third kappa shape index (κ3) is 3.70. The van der Waals surface area contributed by atoms with E-state index in [-0.39, 0.29) is 5.97 Å². The van der Waals surface area contributed by atoms with Crippen LogP contribution in [0.15, 0.2) is 24.3 Å². The monoisotopic (exact) mass is 262 g/mol. The molecule has 104 valence electrons. The van der Waals surface area contributed by atoms with Gasteiger partial charge in [0.25, 0.3) is 0 Å². The Kier molecular flexibility index (Phi) is 4.80. The largest absolute Gasteiger partial charge is 0.465 e. The normalized spacial score (nSPS) is 16.4. The average molecular weight is 262 g/mol. The van der Waals surface area contributed by atoms with Crippen molar-refractivity contribution in [2.75, 3.05) is 44.2 Å². The van der Waals surface area contributed by atoms with Gasteiger partial charge in [0, 0.05) is 31.9 Å². The molecule has 1 aliphatic heterocycles. The second kappa shape index (κ2) is 6.57. The van der Waals surface area contributed by atoms with Gasteiger partial charge in [0.05, 0.1) is 13.2 Å². The van der Waals surface area contributed by atoms with Crippen LogP contribution in [0.5, 0.6) is 0 Å². The lowest BCUT2D eigenvalue weighted by molar-refractivity contribution is -0.144. The number of nitrogens with zero attached hydrogens (tertiary/aromatic N) is 2. The van der Waals surface area contributed by atoms with E-state index in [4.69, 9.17) is 4.74 Å². The van der Waals surface area contributed by atoms with Gasteiger partial charge in [0.1, 0.15) is 0 Å². The van der Waals surface area contributed by atoms with Crippen LogP contribution in [0.25, 0.3) is 0 Å². The van der Waals surface area contributed by atoms with E-state index in [2.05, 4.69) is 41.0 Å². The minimum absolute atomic E-state index is 0.119. The maximum atomic E-state index is 11.4. The second-order valence-corrected chi connectivity index (χ2v) is 4.85. The molecular weight excluding hydrogens is 240 g/mol. The van der Waals surface area contributed by atoms with Crippen LogP contribution in [-0.2, 0) is 9.53 Å². The molecule has 0 radical (unpaired) electrons. The van der Waals surface area contributed by atoms with Crippen molar-refractivity contribution in [3.63, 3.8) is 0 Å². The highest BCUT2D eigenvalue weighted by molar-refractivity contribution is 5.71. The second-order valence-electron chi connectivity index (χ2n) is 4.85. The molecule has 1 aliphatic rings. The summed E-state index contributed by atoms with van der Waals surface area (Å²) in [6.45, 7) is 8.60. The van der Waals surface area contributed by atoms with Crippen molar-refractivity contribution in [2.24, 2.45) is 0 Å². The standard InChI is InChI=1S/C15H22N2O2/c1-3-19-15(18)12-16-8-10-17(11-9-16)14-7-5-4-6-13(14)2/h4-7H,3,8-12H2,1-2H3. The molecule has 1 aromatic rings. The number of hydrogen-bond acceptors (Lipinski definition) is 4. The Hall–Kier alpha value is -1.55. The van der Waals surface area contributed by atoms with E-state index in [9.17, 15) is 4.79 Å². The summed E-state index contributed by atoms with van der Waals surface area (Å²) >= 11 is 0. The number of rotatable bonds is 4. The van der Waals surface area contributed by atoms with Gasteiger partial charge >= 0.3 is 5.97 Å². The van der Waals surface area contributed by atoms with Crippen molar-refractivity contribution in [3.8, 4) is 0 Å². The number of piperazine rings is 1. The molecule has 0 bridgehead atoms. The summed E-state index contributed by atoms with van der Waals surface area (Å²) < 4.78 is 4.98. The van der Waals surface area contributed by atoms with Crippen molar-refractivity contribution < 1.29 is 9.53 Å². The predicted molar refractivity (Wildman–Crippen MR) is 76.5 cm³/mol. The molecule has 19 heavy (non-hydrogen) atoms. The van der Waals surface area contributed by atoms with Gasteiger partial charge in [-0.05, 0) is 25.5 Å². The first kappa shape index (κ1) is 13.9. The highest BCUT2D eigenvalue weighted by Gasteiger charge is 2.20. The van der Waals surface area contributed by atoms with Crippen LogP contribution in [0, 0.1) is 6.92 Å². The van der Waals surface area contributed by atoms with Crippen molar-refractivity contribution >= 4 is 11.7 Å². The number of carbonyl (C=O) groups excluding carboxylic acids is 1. The smallest absolute Gasteiger partial charge is 0.320 e. The molecule has 0 aliphatic carbocycles. The molecule has 1 heterocycles. The molecule has 1 aromatic carbocycles. The van der Waals surface area contributed by atoms with E-state index in [0.29, 0.717) is 13.2 Å². The van der Waals surface area contributed by atoms with E-state index in [1.165, 1.54) is 11.3 Å². The maximum absolute atomic E-state index is 11.4. The Labute approximate surface area is 115 Å². The van der Waals surface area contributed by atoms with Crippen molar-refractivity contribution in [1.29, 1.82) is 0 Å². The highest BCUT2D eigenvalue weighted by Crippen LogP contribution is 2.20. The SMILES string of the molecule is CCOC(=O)CN1CCN(c2ccccc2C)CC1. The van der Waals surface area contributed by atoms with E-state index in [1.54, 1.807) is 0 Å². The molecule has 0 atom stereocenters. The summed E-state index contributed by atoms with van der Waals surface area (Å²) in [5, 5.41) is 0. The number of para-hydroxylation sites is 1. The lowest BCUT2D eigenvalue weighted by Gasteiger charge is -2.36. The van der Waals surface area contributed by atoms with Crippen LogP contribution >= 0.6 is 0 Å². The van der Waals surface area contributed by atoms with Crippen molar-refractivity contribution in [3.05, 3.63) is 29.8 Å². The molecule has 2 rings (SSSR count). The molecule has 0 amide bonds. The third-order valence-corrected chi connectivity index (χ3v) is 3.49. The van der Waals surface area contributed by atoms with E-state index in [1.807, 2.05) is 6.92 Å². The van der Waals surface area contributed by atoms with Gasteiger partial charge < -0.3 is 9.64 Å². The number of benzene rings is 1. The zero-order valence-electron chi connectivity index (χ0n) is 11.8. The Morgan fingerprint density at radius 1 is 1.21 bits per heavy atom. The fourth-order valence-electron chi connectivity index (χ4n) is 2.45. The first-order valence-electron chi connectivity index (χ1n) is 6.89. The zero-order valence-corrected chi connectivity index (χ0v) is 11.8. The van der Waals surface area contributed by atoms with Crippen LogP contribution in [0.1, 0.15) is 12.5 Å². The fourth-order valence-corrected chi connectivity index (χ4v) is 2.45. The van der Waals surface area contributed by atoms with Gasteiger partial charge in [-0.2, -0.15) is 0 Å².